The Kier molecular flexibility index (Phi) is 5.39. The molecular formula is C15H19BrFN3O2. The van der Waals surface area contributed by atoms with Crippen LogP contribution >= 0.6 is 15.9 Å². The van der Waals surface area contributed by atoms with Gasteiger partial charge in [-0.25, -0.2) is 4.39 Å². The quantitative estimate of drug-likeness (QED) is 0.881. The number of nitrogens with zero attached hydrogens (tertiary/aromatic N) is 2. The number of aromatic nitrogens is 2. The van der Waals surface area contributed by atoms with E-state index in [2.05, 4.69) is 20.9 Å². The van der Waals surface area contributed by atoms with Gasteiger partial charge < -0.3 is 14.5 Å². The lowest BCUT2D eigenvalue weighted by Gasteiger charge is -2.16. The van der Waals surface area contributed by atoms with Crippen LogP contribution in [-0.4, -0.2) is 39.6 Å². The summed E-state index contributed by atoms with van der Waals surface area (Å²) >= 11 is 3.30. The number of pyridine rings is 1. The van der Waals surface area contributed by atoms with Crippen molar-refractivity contribution in [3.8, 4) is 0 Å². The van der Waals surface area contributed by atoms with E-state index in [1.165, 1.54) is 9.47 Å². The second-order valence-electron chi connectivity index (χ2n) is 4.90. The molecule has 0 aliphatic carbocycles. The number of carbonyl (C=O) groups is 1. The Morgan fingerprint density at radius 1 is 1.50 bits per heavy atom. The van der Waals surface area contributed by atoms with Crippen molar-refractivity contribution < 1.29 is 9.18 Å². The second kappa shape index (κ2) is 7.09. The Bertz CT molecular complexity index is 725. The van der Waals surface area contributed by atoms with Crippen molar-refractivity contribution >= 4 is 32.7 Å². The number of amides is 1. The largest absolute Gasteiger partial charge is 0.360 e. The number of carbonyl (C=O) groups excluding carboxylic acids is 1. The fraction of sp³-hybridized carbons (Fsp3) is 0.467. The maximum atomic E-state index is 13.1. The minimum Gasteiger partial charge on any atom is -0.360 e. The van der Waals surface area contributed by atoms with Crippen molar-refractivity contribution in [3.63, 3.8) is 0 Å². The standard InChI is InChI=1S/C13H13BrFN3O2.C2H6/c14-9-5-16-10-2-4-18(13(20)12(9)10)7-11(19)17-3-1-8(15)6-17;1-2/h2,4-5,8,16H,1,3,6-7H2;1-2H3. The zero-order valence-corrected chi connectivity index (χ0v) is 14.2. The Hall–Kier alpha value is -1.63. The van der Waals surface area contributed by atoms with Crippen LogP contribution in [0.4, 0.5) is 4.39 Å². The Morgan fingerprint density at radius 3 is 2.86 bits per heavy atom. The topological polar surface area (TPSA) is 58.1 Å². The van der Waals surface area contributed by atoms with E-state index < -0.39 is 6.17 Å². The number of hydrogen-bond acceptors (Lipinski definition) is 2. The molecule has 3 heterocycles. The molecule has 2 aromatic heterocycles. The molecule has 120 valence electrons. The molecule has 1 aliphatic rings. The molecule has 2 aromatic rings. The molecule has 1 N–H and O–H groups in total. The predicted octanol–water partition coefficient (Wildman–Crippen LogP) is 2.69. The second-order valence-corrected chi connectivity index (χ2v) is 5.75. The van der Waals surface area contributed by atoms with Crippen molar-refractivity contribution in [3.05, 3.63) is 33.3 Å². The lowest BCUT2D eigenvalue weighted by molar-refractivity contribution is -0.131. The van der Waals surface area contributed by atoms with Crippen molar-refractivity contribution in [2.45, 2.75) is 33.0 Å². The summed E-state index contributed by atoms with van der Waals surface area (Å²) in [4.78, 5) is 28.8. The SMILES string of the molecule is CC.O=C(Cn1ccc2[nH]cc(Br)c2c1=O)N1CCC(F)C1. The molecule has 1 atom stereocenters. The molecule has 0 spiro atoms. The molecule has 7 heteroatoms. The number of rotatable bonds is 2. The fourth-order valence-corrected chi connectivity index (χ4v) is 2.95. The predicted molar refractivity (Wildman–Crippen MR) is 87.7 cm³/mol. The number of alkyl halides is 1. The van der Waals surface area contributed by atoms with Gasteiger partial charge in [0.25, 0.3) is 5.56 Å². The van der Waals surface area contributed by atoms with Gasteiger partial charge >= 0.3 is 0 Å². The number of hydrogen-bond donors (Lipinski definition) is 1. The molecule has 0 aromatic carbocycles. The average Bonchev–Trinajstić information content (AvgIpc) is 3.11. The van der Waals surface area contributed by atoms with Gasteiger partial charge in [0, 0.05) is 23.4 Å². The summed E-state index contributed by atoms with van der Waals surface area (Å²) in [6.07, 6.45) is 2.70. The van der Waals surface area contributed by atoms with Crippen molar-refractivity contribution in [1.82, 2.24) is 14.5 Å². The van der Waals surface area contributed by atoms with Crippen molar-refractivity contribution in [2.75, 3.05) is 13.1 Å². The van der Waals surface area contributed by atoms with Gasteiger partial charge in [0.05, 0.1) is 17.4 Å². The first-order valence-electron chi connectivity index (χ1n) is 7.34. The monoisotopic (exact) mass is 371 g/mol. The normalized spacial score (nSPS) is 17.5. The molecule has 1 amide bonds. The number of likely N-dealkylation sites (tertiary alicyclic amines) is 1. The third-order valence-corrected chi connectivity index (χ3v) is 4.17. The first-order chi connectivity index (χ1) is 10.6. The van der Waals surface area contributed by atoms with Gasteiger partial charge in [-0.15, -0.1) is 0 Å². The fourth-order valence-electron chi connectivity index (χ4n) is 2.45. The van der Waals surface area contributed by atoms with E-state index in [1.807, 2.05) is 13.8 Å². The summed E-state index contributed by atoms with van der Waals surface area (Å²) < 4.78 is 15.1. The minimum atomic E-state index is -0.947. The highest BCUT2D eigenvalue weighted by Crippen LogP contribution is 2.19. The zero-order valence-electron chi connectivity index (χ0n) is 12.6. The molecular weight excluding hydrogens is 353 g/mol. The number of H-pyrrole nitrogens is 1. The van der Waals surface area contributed by atoms with Crippen LogP contribution in [0, 0.1) is 0 Å². The highest BCUT2D eigenvalue weighted by Gasteiger charge is 2.26. The average molecular weight is 372 g/mol. The van der Waals surface area contributed by atoms with Gasteiger partial charge in [-0.1, -0.05) is 13.8 Å². The van der Waals surface area contributed by atoms with Gasteiger partial charge in [0.1, 0.15) is 12.7 Å². The van der Waals surface area contributed by atoms with Gasteiger partial charge in [-0.2, -0.15) is 0 Å². The van der Waals surface area contributed by atoms with Gasteiger partial charge in [0.15, 0.2) is 0 Å². The number of nitrogens with one attached hydrogen (secondary N) is 1. The molecule has 22 heavy (non-hydrogen) atoms. The molecule has 3 rings (SSSR count). The maximum absolute atomic E-state index is 13.1. The van der Waals surface area contributed by atoms with Crippen LogP contribution in [0.3, 0.4) is 0 Å². The summed E-state index contributed by atoms with van der Waals surface area (Å²) in [5.41, 5.74) is 0.482. The third kappa shape index (κ3) is 3.24. The van der Waals surface area contributed by atoms with Crippen LogP contribution in [0.2, 0.25) is 0 Å². The summed E-state index contributed by atoms with van der Waals surface area (Å²) in [6, 6.07) is 1.75. The molecule has 1 fully saturated rings. The number of halogens is 2. The summed E-state index contributed by atoms with van der Waals surface area (Å²) in [5, 5.41) is 0.519. The molecule has 1 aliphatic heterocycles. The van der Waals surface area contributed by atoms with Crippen LogP contribution in [-0.2, 0) is 11.3 Å². The van der Waals surface area contributed by atoms with E-state index in [0.29, 0.717) is 22.8 Å². The highest BCUT2D eigenvalue weighted by atomic mass is 79.9. The van der Waals surface area contributed by atoms with Crippen molar-refractivity contribution in [2.24, 2.45) is 0 Å². The summed E-state index contributed by atoms with van der Waals surface area (Å²) in [6.45, 7) is 4.49. The van der Waals surface area contributed by atoms with Gasteiger partial charge in [-0.05, 0) is 28.4 Å². The molecule has 5 nitrogen and oxygen atoms in total. The third-order valence-electron chi connectivity index (χ3n) is 3.55. The molecule has 0 saturated carbocycles. The Balaban J connectivity index is 0.000000847. The summed E-state index contributed by atoms with van der Waals surface area (Å²) in [7, 11) is 0. The lowest BCUT2D eigenvalue weighted by Crippen LogP contribution is -2.35. The van der Waals surface area contributed by atoms with Crippen LogP contribution in [0.25, 0.3) is 10.9 Å². The zero-order chi connectivity index (χ0) is 16.3. The smallest absolute Gasteiger partial charge is 0.261 e. The molecule has 1 saturated heterocycles. The van der Waals surface area contributed by atoms with Crippen molar-refractivity contribution in [1.29, 1.82) is 0 Å². The maximum Gasteiger partial charge on any atom is 0.261 e. The van der Waals surface area contributed by atoms with E-state index in [4.69, 9.17) is 0 Å². The lowest BCUT2D eigenvalue weighted by atomic mass is 10.3. The summed E-state index contributed by atoms with van der Waals surface area (Å²) in [5.74, 6) is -0.224. The minimum absolute atomic E-state index is 0.0564. The van der Waals surface area contributed by atoms with E-state index in [0.717, 1.165) is 5.52 Å². The van der Waals surface area contributed by atoms with Crippen LogP contribution in [0.1, 0.15) is 20.3 Å². The molecule has 0 bridgehead atoms. The number of fused-ring (bicyclic) bond motifs is 1. The first kappa shape index (κ1) is 16.7. The van der Waals surface area contributed by atoms with Crippen LogP contribution < -0.4 is 5.56 Å². The van der Waals surface area contributed by atoms with E-state index in [1.54, 1.807) is 18.5 Å². The Morgan fingerprint density at radius 2 is 2.23 bits per heavy atom. The van der Waals surface area contributed by atoms with Crippen LogP contribution in [0.5, 0.6) is 0 Å². The van der Waals surface area contributed by atoms with Gasteiger partial charge in [-0.3, -0.25) is 9.59 Å². The van der Waals surface area contributed by atoms with E-state index in [-0.39, 0.29) is 24.6 Å². The number of aromatic amines is 1. The van der Waals surface area contributed by atoms with Gasteiger partial charge in [0.2, 0.25) is 5.91 Å². The van der Waals surface area contributed by atoms with E-state index in [9.17, 15) is 14.0 Å². The van der Waals surface area contributed by atoms with Crippen LogP contribution in [0.15, 0.2) is 27.7 Å². The highest BCUT2D eigenvalue weighted by molar-refractivity contribution is 9.10. The first-order valence-corrected chi connectivity index (χ1v) is 8.13. The molecule has 1 unspecified atom stereocenters. The Labute approximate surface area is 136 Å². The van der Waals surface area contributed by atoms with E-state index >= 15 is 0 Å². The molecule has 0 radical (unpaired) electrons.